The molecule has 1 aliphatic rings. The van der Waals surface area contributed by atoms with Gasteiger partial charge in [0.25, 0.3) is 0 Å². The second kappa shape index (κ2) is 13.0. The number of ether oxygens (including phenoxy) is 7. The van der Waals surface area contributed by atoms with Gasteiger partial charge < -0.3 is 38.3 Å². The number of carbonyl (C=O) groups is 3. The molecule has 0 radical (unpaired) electrons. The lowest BCUT2D eigenvalue weighted by atomic mass is 10.1. The maximum atomic E-state index is 13.0. The molecule has 0 bridgehead atoms. The fraction of sp³-hybridized carbons (Fsp3) is 0.276. The van der Waals surface area contributed by atoms with Gasteiger partial charge in [-0.15, -0.1) is 0 Å². The number of hydrogen-bond donors (Lipinski definition) is 1. The van der Waals surface area contributed by atoms with Gasteiger partial charge in [0.2, 0.25) is 0 Å². The highest BCUT2D eigenvalue weighted by Crippen LogP contribution is 2.28. The lowest BCUT2D eigenvalue weighted by molar-refractivity contribution is -0.135. The zero-order valence-corrected chi connectivity index (χ0v) is 22.0. The van der Waals surface area contributed by atoms with E-state index in [4.69, 9.17) is 33.2 Å². The van der Waals surface area contributed by atoms with Crippen molar-refractivity contribution in [3.63, 3.8) is 0 Å². The molecule has 40 heavy (non-hydrogen) atoms. The Morgan fingerprint density at radius 2 is 1.00 bits per heavy atom. The molecule has 3 aromatic rings. The zero-order chi connectivity index (χ0) is 28.6. The van der Waals surface area contributed by atoms with E-state index in [1.807, 2.05) is 0 Å². The molecule has 4 atom stereocenters. The minimum Gasteiger partial charge on any atom is -0.497 e. The van der Waals surface area contributed by atoms with E-state index in [1.165, 1.54) is 57.7 Å². The smallest absolute Gasteiger partial charge is 0.338 e. The van der Waals surface area contributed by atoms with Crippen LogP contribution in [-0.2, 0) is 18.9 Å². The predicted molar refractivity (Wildman–Crippen MR) is 139 cm³/mol. The highest BCUT2D eigenvalue weighted by Gasteiger charge is 2.50. The third-order valence-corrected chi connectivity index (χ3v) is 6.13. The first-order valence-corrected chi connectivity index (χ1v) is 12.2. The predicted octanol–water partition coefficient (Wildman–Crippen LogP) is 3.04. The summed E-state index contributed by atoms with van der Waals surface area (Å²) in [6, 6.07) is 18.5. The third kappa shape index (κ3) is 6.68. The molecule has 210 valence electrons. The summed E-state index contributed by atoms with van der Waals surface area (Å²) in [6.07, 6.45) is -5.54. The first-order chi connectivity index (χ1) is 19.3. The largest absolute Gasteiger partial charge is 0.497 e. The average molecular weight is 553 g/mol. The minimum absolute atomic E-state index is 0.169. The van der Waals surface area contributed by atoms with Gasteiger partial charge in [-0.3, -0.25) is 0 Å². The molecular weight excluding hydrogens is 524 g/mol. The van der Waals surface area contributed by atoms with Crippen molar-refractivity contribution in [2.75, 3.05) is 27.9 Å². The Labute approximate surface area is 230 Å². The van der Waals surface area contributed by atoms with E-state index in [2.05, 4.69) is 0 Å². The molecule has 11 heteroatoms. The molecule has 1 fully saturated rings. The van der Waals surface area contributed by atoms with E-state index in [0.717, 1.165) is 0 Å². The minimum atomic E-state index is -1.67. The van der Waals surface area contributed by atoms with E-state index >= 15 is 0 Å². The standard InChI is InChI=1S/C29H28O11/c1-34-20-10-4-17(5-11-20)26(30)37-16-23-24(39-27(31)18-6-12-21(35-2)13-7-18)25(29(33)38-23)40-28(32)19-8-14-22(36-3)15-9-19/h4-15,23-25,29,33H,16H2,1-3H3/t23-,24-,25+,29+/m1/s1. The number of rotatable bonds is 10. The van der Waals surface area contributed by atoms with Gasteiger partial charge in [0.15, 0.2) is 18.5 Å². The topological polar surface area (TPSA) is 136 Å². The lowest BCUT2D eigenvalue weighted by Crippen LogP contribution is -2.42. The molecule has 1 aliphatic heterocycles. The summed E-state index contributed by atoms with van der Waals surface area (Å²) in [6.45, 7) is -0.404. The molecule has 0 unspecified atom stereocenters. The third-order valence-electron chi connectivity index (χ3n) is 6.13. The van der Waals surface area contributed by atoms with Crippen LogP contribution in [0.3, 0.4) is 0 Å². The first kappa shape index (κ1) is 28.4. The summed E-state index contributed by atoms with van der Waals surface area (Å²) in [4.78, 5) is 38.4. The average Bonchev–Trinajstić information content (AvgIpc) is 3.28. The Morgan fingerprint density at radius 3 is 1.40 bits per heavy atom. The van der Waals surface area contributed by atoms with Crippen LogP contribution in [0.4, 0.5) is 0 Å². The van der Waals surface area contributed by atoms with Crippen LogP contribution >= 0.6 is 0 Å². The van der Waals surface area contributed by atoms with Crippen LogP contribution in [0.5, 0.6) is 17.2 Å². The van der Waals surface area contributed by atoms with Gasteiger partial charge in [-0.25, -0.2) is 14.4 Å². The van der Waals surface area contributed by atoms with Gasteiger partial charge in [0.05, 0.1) is 38.0 Å². The summed E-state index contributed by atoms with van der Waals surface area (Å²) in [5.74, 6) is -0.624. The SMILES string of the molecule is COc1ccc(C(=O)OC[C@H]2O[C@H](O)[C@@H](OC(=O)c3ccc(OC)cc3)[C@@H]2OC(=O)c2ccc(OC)cc2)cc1. The molecule has 0 aliphatic carbocycles. The van der Waals surface area contributed by atoms with Crippen molar-refractivity contribution in [1.82, 2.24) is 0 Å². The highest BCUT2D eigenvalue weighted by atomic mass is 16.7. The Balaban J connectivity index is 1.51. The van der Waals surface area contributed by atoms with Crippen LogP contribution in [0.2, 0.25) is 0 Å². The van der Waals surface area contributed by atoms with Crippen molar-refractivity contribution in [1.29, 1.82) is 0 Å². The molecule has 0 amide bonds. The van der Waals surface area contributed by atoms with Gasteiger partial charge in [-0.2, -0.15) is 0 Å². The molecule has 3 aromatic carbocycles. The van der Waals surface area contributed by atoms with E-state index in [9.17, 15) is 19.5 Å². The molecule has 11 nitrogen and oxygen atoms in total. The van der Waals surface area contributed by atoms with Crippen molar-refractivity contribution in [2.24, 2.45) is 0 Å². The van der Waals surface area contributed by atoms with Gasteiger partial charge >= 0.3 is 17.9 Å². The van der Waals surface area contributed by atoms with E-state index in [1.54, 1.807) is 36.4 Å². The van der Waals surface area contributed by atoms with Gasteiger partial charge in [-0.05, 0) is 72.8 Å². The van der Waals surface area contributed by atoms with E-state index in [-0.39, 0.29) is 16.7 Å². The van der Waals surface area contributed by atoms with Crippen molar-refractivity contribution in [3.05, 3.63) is 89.5 Å². The first-order valence-electron chi connectivity index (χ1n) is 12.2. The lowest BCUT2D eigenvalue weighted by Gasteiger charge is -2.23. The van der Waals surface area contributed by atoms with Crippen molar-refractivity contribution in [2.45, 2.75) is 24.6 Å². The monoisotopic (exact) mass is 552 g/mol. The second-order valence-corrected chi connectivity index (χ2v) is 8.59. The summed E-state index contributed by atoms with van der Waals surface area (Å²) in [5, 5.41) is 10.6. The van der Waals surface area contributed by atoms with Crippen molar-refractivity contribution < 1.29 is 52.6 Å². The van der Waals surface area contributed by atoms with Crippen molar-refractivity contribution in [3.8, 4) is 17.2 Å². The fourth-order valence-electron chi connectivity index (χ4n) is 3.92. The maximum absolute atomic E-state index is 13.0. The van der Waals surface area contributed by atoms with Crippen LogP contribution in [0.15, 0.2) is 72.8 Å². The Hall–Kier alpha value is -4.61. The normalized spacial score (nSPS) is 19.8. The molecule has 0 aromatic heterocycles. The molecule has 1 heterocycles. The Kier molecular flexibility index (Phi) is 9.20. The molecule has 1 saturated heterocycles. The number of benzene rings is 3. The fourth-order valence-corrected chi connectivity index (χ4v) is 3.92. The second-order valence-electron chi connectivity index (χ2n) is 8.59. The van der Waals surface area contributed by atoms with Crippen LogP contribution < -0.4 is 14.2 Å². The number of aliphatic hydroxyl groups excluding tert-OH is 1. The summed E-state index contributed by atoms with van der Waals surface area (Å²) in [5.41, 5.74) is 0.590. The highest BCUT2D eigenvalue weighted by molar-refractivity contribution is 5.91. The van der Waals surface area contributed by atoms with Gasteiger partial charge in [0.1, 0.15) is 30.0 Å². The zero-order valence-electron chi connectivity index (χ0n) is 22.0. The molecule has 0 saturated carbocycles. The summed E-state index contributed by atoms with van der Waals surface area (Å²) >= 11 is 0. The van der Waals surface area contributed by atoms with Crippen LogP contribution in [0.1, 0.15) is 31.1 Å². The number of carbonyl (C=O) groups excluding carboxylic acids is 3. The molecule has 4 rings (SSSR count). The number of aliphatic hydroxyl groups is 1. The van der Waals surface area contributed by atoms with Crippen molar-refractivity contribution >= 4 is 17.9 Å². The van der Waals surface area contributed by atoms with E-state index in [0.29, 0.717) is 17.2 Å². The van der Waals surface area contributed by atoms with E-state index < -0.39 is 49.1 Å². The van der Waals surface area contributed by atoms with Crippen LogP contribution in [-0.4, -0.2) is 75.6 Å². The summed E-state index contributed by atoms with van der Waals surface area (Å²) in [7, 11) is 4.48. The number of hydrogen-bond acceptors (Lipinski definition) is 11. The number of methoxy groups -OCH3 is 3. The maximum Gasteiger partial charge on any atom is 0.338 e. The summed E-state index contributed by atoms with van der Waals surface area (Å²) < 4.78 is 37.3. The Bertz CT molecular complexity index is 1300. The quantitative estimate of drug-likeness (QED) is 0.294. The molecule has 1 N–H and O–H groups in total. The van der Waals surface area contributed by atoms with Crippen LogP contribution in [0, 0.1) is 0 Å². The number of esters is 3. The Morgan fingerprint density at radius 1 is 0.625 bits per heavy atom. The molecule has 0 spiro atoms. The van der Waals surface area contributed by atoms with Gasteiger partial charge in [0, 0.05) is 0 Å². The van der Waals surface area contributed by atoms with Crippen LogP contribution in [0.25, 0.3) is 0 Å². The van der Waals surface area contributed by atoms with Gasteiger partial charge in [-0.1, -0.05) is 0 Å². The molecular formula is C29H28O11.